The van der Waals surface area contributed by atoms with Crippen LogP contribution in [0.25, 0.3) is 0 Å². The second kappa shape index (κ2) is 7.25. The number of hydrogen-bond donors (Lipinski definition) is 3. The summed E-state index contributed by atoms with van der Waals surface area (Å²) in [6.07, 6.45) is 0.862. The number of amides is 2. The fraction of sp³-hybridized carbons (Fsp3) is 0.385. The van der Waals surface area contributed by atoms with Gasteiger partial charge in [0.15, 0.2) is 6.61 Å². The summed E-state index contributed by atoms with van der Waals surface area (Å²) in [6, 6.07) is 4.73. The van der Waals surface area contributed by atoms with Crippen LogP contribution in [0.15, 0.2) is 18.2 Å². The molecular formula is C13H19N3O3. The lowest BCUT2D eigenvalue weighted by atomic mass is 10.1. The summed E-state index contributed by atoms with van der Waals surface area (Å²) in [5.41, 5.74) is 6.57. The van der Waals surface area contributed by atoms with E-state index in [0.717, 1.165) is 6.42 Å². The molecule has 0 bridgehead atoms. The summed E-state index contributed by atoms with van der Waals surface area (Å²) in [5.74, 6) is -0.125. The standard InChI is InChI=1S/C13H19N3O3/c1-3-6-16-13(18)9-4-5-10(14)11(7-9)19-8-12(17)15-2/h4-5,7H,3,6,8,14H2,1-2H3,(H,15,17)(H,16,18). The van der Waals surface area contributed by atoms with E-state index >= 15 is 0 Å². The van der Waals surface area contributed by atoms with E-state index < -0.39 is 0 Å². The fourth-order valence-electron chi connectivity index (χ4n) is 1.36. The van der Waals surface area contributed by atoms with Crippen molar-refractivity contribution >= 4 is 17.5 Å². The van der Waals surface area contributed by atoms with Crippen molar-refractivity contribution in [3.05, 3.63) is 23.8 Å². The zero-order valence-electron chi connectivity index (χ0n) is 11.2. The van der Waals surface area contributed by atoms with E-state index in [0.29, 0.717) is 23.5 Å². The molecule has 0 atom stereocenters. The molecular weight excluding hydrogens is 246 g/mol. The third-order valence-corrected chi connectivity index (χ3v) is 2.45. The molecule has 0 saturated carbocycles. The minimum Gasteiger partial charge on any atom is -0.482 e. The highest BCUT2D eigenvalue weighted by molar-refractivity contribution is 5.95. The molecule has 0 radical (unpaired) electrons. The fourth-order valence-corrected chi connectivity index (χ4v) is 1.36. The maximum atomic E-state index is 11.8. The molecule has 19 heavy (non-hydrogen) atoms. The molecule has 104 valence electrons. The highest BCUT2D eigenvalue weighted by Gasteiger charge is 2.09. The Balaban J connectivity index is 2.76. The van der Waals surface area contributed by atoms with Crippen LogP contribution >= 0.6 is 0 Å². The van der Waals surface area contributed by atoms with Crippen molar-refractivity contribution in [1.82, 2.24) is 10.6 Å². The third kappa shape index (κ3) is 4.50. The Morgan fingerprint density at radius 2 is 2.11 bits per heavy atom. The van der Waals surface area contributed by atoms with Crippen LogP contribution in [0.3, 0.4) is 0 Å². The van der Waals surface area contributed by atoms with Crippen molar-refractivity contribution in [2.45, 2.75) is 13.3 Å². The average Bonchev–Trinajstić information content (AvgIpc) is 2.43. The van der Waals surface area contributed by atoms with E-state index in [-0.39, 0.29) is 18.4 Å². The largest absolute Gasteiger partial charge is 0.482 e. The van der Waals surface area contributed by atoms with Gasteiger partial charge in [-0.15, -0.1) is 0 Å². The lowest BCUT2D eigenvalue weighted by Gasteiger charge is -2.10. The van der Waals surface area contributed by atoms with E-state index in [1.165, 1.54) is 13.1 Å². The molecule has 1 aromatic rings. The van der Waals surface area contributed by atoms with Crippen LogP contribution in [-0.2, 0) is 4.79 Å². The van der Waals surface area contributed by atoms with Gasteiger partial charge in [-0.3, -0.25) is 9.59 Å². The number of hydrogen-bond acceptors (Lipinski definition) is 4. The number of benzene rings is 1. The first-order valence-corrected chi connectivity index (χ1v) is 6.09. The number of anilines is 1. The molecule has 4 N–H and O–H groups in total. The van der Waals surface area contributed by atoms with Crippen LogP contribution < -0.4 is 21.1 Å². The highest BCUT2D eigenvalue weighted by atomic mass is 16.5. The highest BCUT2D eigenvalue weighted by Crippen LogP contribution is 2.22. The van der Waals surface area contributed by atoms with Gasteiger partial charge in [0, 0.05) is 19.2 Å². The van der Waals surface area contributed by atoms with Gasteiger partial charge in [-0.25, -0.2) is 0 Å². The van der Waals surface area contributed by atoms with Crippen LogP contribution in [0, 0.1) is 0 Å². The van der Waals surface area contributed by atoms with Crippen molar-refractivity contribution < 1.29 is 14.3 Å². The number of ether oxygens (including phenoxy) is 1. The van der Waals surface area contributed by atoms with Crippen LogP contribution in [0.1, 0.15) is 23.7 Å². The maximum absolute atomic E-state index is 11.8. The average molecular weight is 265 g/mol. The zero-order valence-corrected chi connectivity index (χ0v) is 11.2. The van der Waals surface area contributed by atoms with E-state index in [9.17, 15) is 9.59 Å². The summed E-state index contributed by atoms with van der Waals surface area (Å²) in [5, 5.41) is 5.19. The summed E-state index contributed by atoms with van der Waals surface area (Å²) in [7, 11) is 1.52. The smallest absolute Gasteiger partial charge is 0.257 e. The molecule has 0 spiro atoms. The zero-order chi connectivity index (χ0) is 14.3. The van der Waals surface area contributed by atoms with Crippen LogP contribution in [0.2, 0.25) is 0 Å². The van der Waals surface area contributed by atoms with Gasteiger partial charge in [0.2, 0.25) is 0 Å². The number of carbonyl (C=O) groups excluding carboxylic acids is 2. The molecule has 0 heterocycles. The predicted molar refractivity (Wildman–Crippen MR) is 73.0 cm³/mol. The van der Waals surface area contributed by atoms with Gasteiger partial charge in [-0.1, -0.05) is 6.92 Å². The molecule has 1 aromatic carbocycles. The minimum absolute atomic E-state index is 0.138. The van der Waals surface area contributed by atoms with Gasteiger partial charge >= 0.3 is 0 Å². The molecule has 0 saturated heterocycles. The van der Waals surface area contributed by atoms with Crippen molar-refractivity contribution in [2.24, 2.45) is 0 Å². The van der Waals surface area contributed by atoms with E-state index in [1.54, 1.807) is 12.1 Å². The summed E-state index contributed by atoms with van der Waals surface area (Å²) in [6.45, 7) is 2.44. The minimum atomic E-state index is -0.264. The molecule has 0 aliphatic heterocycles. The van der Waals surface area contributed by atoms with Crippen molar-refractivity contribution in [1.29, 1.82) is 0 Å². The van der Waals surface area contributed by atoms with E-state index in [2.05, 4.69) is 10.6 Å². The van der Waals surface area contributed by atoms with Gasteiger partial charge in [0.1, 0.15) is 5.75 Å². The Hall–Kier alpha value is -2.24. The Bertz CT molecular complexity index is 460. The van der Waals surface area contributed by atoms with Crippen molar-refractivity contribution in [3.63, 3.8) is 0 Å². The molecule has 6 heteroatoms. The summed E-state index contributed by atoms with van der Waals surface area (Å²) in [4.78, 5) is 22.9. The molecule has 0 aliphatic rings. The number of nitrogens with one attached hydrogen (secondary N) is 2. The van der Waals surface area contributed by atoms with Crippen LogP contribution in [0.5, 0.6) is 5.75 Å². The second-order valence-electron chi connectivity index (χ2n) is 3.97. The first kappa shape index (κ1) is 14.8. The topological polar surface area (TPSA) is 93.5 Å². The molecule has 0 aliphatic carbocycles. The third-order valence-electron chi connectivity index (χ3n) is 2.45. The van der Waals surface area contributed by atoms with Gasteiger partial charge in [-0.05, 0) is 24.6 Å². The Morgan fingerprint density at radius 1 is 1.37 bits per heavy atom. The number of likely N-dealkylation sites (N-methyl/N-ethyl adjacent to an activating group) is 1. The molecule has 0 fully saturated rings. The molecule has 0 unspecified atom stereocenters. The number of nitrogens with two attached hydrogens (primary N) is 1. The predicted octanol–water partition coefficient (Wildman–Crippen LogP) is 0.533. The normalized spacial score (nSPS) is 9.79. The number of nitrogen functional groups attached to an aromatic ring is 1. The lowest BCUT2D eigenvalue weighted by molar-refractivity contribution is -0.122. The maximum Gasteiger partial charge on any atom is 0.257 e. The summed E-state index contributed by atoms with van der Waals surface area (Å²) >= 11 is 0. The Morgan fingerprint density at radius 3 is 2.74 bits per heavy atom. The summed E-state index contributed by atoms with van der Waals surface area (Å²) < 4.78 is 5.27. The van der Waals surface area contributed by atoms with Crippen molar-refractivity contribution in [2.75, 3.05) is 25.9 Å². The van der Waals surface area contributed by atoms with E-state index in [1.807, 2.05) is 6.92 Å². The molecule has 1 rings (SSSR count). The SMILES string of the molecule is CCCNC(=O)c1ccc(N)c(OCC(=O)NC)c1. The monoisotopic (exact) mass is 265 g/mol. The molecule has 6 nitrogen and oxygen atoms in total. The first-order chi connectivity index (χ1) is 9.08. The van der Waals surface area contributed by atoms with Crippen molar-refractivity contribution in [3.8, 4) is 5.75 Å². The van der Waals surface area contributed by atoms with Gasteiger partial charge in [-0.2, -0.15) is 0 Å². The second-order valence-corrected chi connectivity index (χ2v) is 3.97. The van der Waals surface area contributed by atoms with E-state index in [4.69, 9.17) is 10.5 Å². The first-order valence-electron chi connectivity index (χ1n) is 6.09. The Labute approximate surface area is 112 Å². The quantitative estimate of drug-likeness (QED) is 0.654. The molecule has 0 aromatic heterocycles. The molecule has 2 amide bonds. The van der Waals surface area contributed by atoms with Gasteiger partial charge in [0.25, 0.3) is 11.8 Å². The Kier molecular flexibility index (Phi) is 5.66. The number of carbonyl (C=O) groups is 2. The van der Waals surface area contributed by atoms with Gasteiger partial charge in [0.05, 0.1) is 5.69 Å². The number of rotatable bonds is 6. The van der Waals surface area contributed by atoms with Crippen LogP contribution in [0.4, 0.5) is 5.69 Å². The van der Waals surface area contributed by atoms with Crippen LogP contribution in [-0.4, -0.2) is 32.0 Å². The van der Waals surface area contributed by atoms with Gasteiger partial charge < -0.3 is 21.1 Å². The lowest BCUT2D eigenvalue weighted by Crippen LogP contribution is -2.26.